The topological polar surface area (TPSA) is 44.4 Å². The van der Waals surface area contributed by atoms with E-state index in [4.69, 9.17) is 0 Å². The fourth-order valence-electron chi connectivity index (χ4n) is 3.63. The van der Waals surface area contributed by atoms with Gasteiger partial charge in [-0.1, -0.05) is 20.8 Å². The summed E-state index contributed by atoms with van der Waals surface area (Å²) in [6.07, 6.45) is 1.34. The summed E-state index contributed by atoms with van der Waals surface area (Å²) in [5, 5.41) is 6.43. The number of hydrogen-bond acceptors (Lipinski definition) is 3. The molecule has 2 rings (SSSR count). The van der Waals surface area contributed by atoms with Gasteiger partial charge in [0.1, 0.15) is 0 Å². The van der Waals surface area contributed by atoms with Gasteiger partial charge in [0.05, 0.1) is 0 Å². The summed E-state index contributed by atoms with van der Waals surface area (Å²) in [7, 11) is 0. The lowest BCUT2D eigenvalue weighted by Crippen LogP contribution is -2.52. The van der Waals surface area contributed by atoms with E-state index in [9.17, 15) is 4.79 Å². The van der Waals surface area contributed by atoms with E-state index >= 15 is 0 Å². The SMILES string of the molecule is CC1CC(C)CN(CC(C)NC(=O)C(C)C2CNC2)C1. The van der Waals surface area contributed by atoms with Crippen LogP contribution in [0.5, 0.6) is 0 Å². The van der Waals surface area contributed by atoms with Crippen LogP contribution >= 0.6 is 0 Å². The first-order valence-electron chi connectivity index (χ1n) is 8.19. The molecule has 0 spiro atoms. The van der Waals surface area contributed by atoms with Crippen LogP contribution in [0.4, 0.5) is 0 Å². The predicted molar refractivity (Wildman–Crippen MR) is 82.5 cm³/mol. The minimum Gasteiger partial charge on any atom is -0.352 e. The van der Waals surface area contributed by atoms with Crippen LogP contribution < -0.4 is 10.6 Å². The molecular weight excluding hydrogens is 250 g/mol. The van der Waals surface area contributed by atoms with E-state index < -0.39 is 0 Å². The van der Waals surface area contributed by atoms with Crippen LogP contribution in [-0.4, -0.2) is 49.6 Å². The van der Waals surface area contributed by atoms with Crippen molar-refractivity contribution in [3.05, 3.63) is 0 Å². The lowest BCUT2D eigenvalue weighted by molar-refractivity contribution is -0.127. The lowest BCUT2D eigenvalue weighted by Gasteiger charge is -2.37. The average molecular weight is 281 g/mol. The van der Waals surface area contributed by atoms with E-state index in [0.717, 1.165) is 31.5 Å². The first kappa shape index (κ1) is 15.8. The quantitative estimate of drug-likeness (QED) is 0.799. The second-order valence-corrected chi connectivity index (χ2v) is 7.28. The zero-order valence-electron chi connectivity index (χ0n) is 13.5. The Morgan fingerprint density at radius 3 is 2.35 bits per heavy atom. The molecule has 20 heavy (non-hydrogen) atoms. The lowest BCUT2D eigenvalue weighted by atomic mass is 9.88. The molecule has 116 valence electrons. The van der Waals surface area contributed by atoms with Crippen molar-refractivity contribution in [2.24, 2.45) is 23.7 Å². The Morgan fingerprint density at radius 1 is 1.25 bits per heavy atom. The Bertz CT molecular complexity index is 320. The second-order valence-electron chi connectivity index (χ2n) is 7.28. The van der Waals surface area contributed by atoms with Gasteiger partial charge in [-0.2, -0.15) is 0 Å². The Labute approximate surface area is 123 Å². The van der Waals surface area contributed by atoms with E-state index in [0.29, 0.717) is 5.92 Å². The highest BCUT2D eigenvalue weighted by molar-refractivity contribution is 5.79. The van der Waals surface area contributed by atoms with Gasteiger partial charge in [0.25, 0.3) is 0 Å². The van der Waals surface area contributed by atoms with Gasteiger partial charge >= 0.3 is 0 Å². The third-order valence-corrected chi connectivity index (χ3v) is 4.80. The van der Waals surface area contributed by atoms with E-state index in [1.165, 1.54) is 19.5 Å². The summed E-state index contributed by atoms with van der Waals surface area (Å²) in [5.74, 6) is 2.44. The molecule has 4 nitrogen and oxygen atoms in total. The number of nitrogens with one attached hydrogen (secondary N) is 2. The molecule has 2 aliphatic rings. The van der Waals surface area contributed by atoms with Gasteiger partial charge in [-0.05, 0) is 44.2 Å². The number of nitrogens with zero attached hydrogens (tertiary/aromatic N) is 1. The Morgan fingerprint density at radius 2 is 1.85 bits per heavy atom. The zero-order chi connectivity index (χ0) is 14.7. The summed E-state index contributed by atoms with van der Waals surface area (Å²) in [4.78, 5) is 14.7. The number of carbonyl (C=O) groups is 1. The number of carbonyl (C=O) groups excluding carboxylic acids is 1. The Balaban J connectivity index is 1.73. The van der Waals surface area contributed by atoms with Crippen molar-refractivity contribution in [1.29, 1.82) is 0 Å². The normalized spacial score (nSPS) is 31.4. The number of rotatable bonds is 5. The van der Waals surface area contributed by atoms with Crippen molar-refractivity contribution in [3.63, 3.8) is 0 Å². The minimum atomic E-state index is 0.137. The van der Waals surface area contributed by atoms with Crippen molar-refractivity contribution in [3.8, 4) is 0 Å². The highest BCUT2D eigenvalue weighted by atomic mass is 16.1. The molecule has 1 amide bonds. The molecule has 2 aliphatic heterocycles. The van der Waals surface area contributed by atoms with Crippen molar-refractivity contribution in [1.82, 2.24) is 15.5 Å². The molecular formula is C16H31N3O. The third-order valence-electron chi connectivity index (χ3n) is 4.80. The van der Waals surface area contributed by atoms with Crippen molar-refractivity contribution in [2.45, 2.75) is 40.2 Å². The third kappa shape index (κ3) is 4.19. The fraction of sp³-hybridized carbons (Fsp3) is 0.938. The van der Waals surface area contributed by atoms with Crippen molar-refractivity contribution in [2.75, 3.05) is 32.7 Å². The molecule has 4 heteroatoms. The highest BCUT2D eigenvalue weighted by Crippen LogP contribution is 2.21. The molecule has 2 fully saturated rings. The molecule has 2 saturated heterocycles. The van der Waals surface area contributed by atoms with Gasteiger partial charge in [-0.3, -0.25) is 4.79 Å². The van der Waals surface area contributed by atoms with Gasteiger partial charge in [-0.25, -0.2) is 0 Å². The highest BCUT2D eigenvalue weighted by Gasteiger charge is 2.30. The van der Waals surface area contributed by atoms with Crippen molar-refractivity contribution < 1.29 is 4.79 Å². The number of piperidine rings is 1. The molecule has 0 bridgehead atoms. The summed E-state index contributed by atoms with van der Waals surface area (Å²) in [6.45, 7) is 14.2. The predicted octanol–water partition coefficient (Wildman–Crippen LogP) is 1.32. The molecule has 0 radical (unpaired) electrons. The van der Waals surface area contributed by atoms with Crippen molar-refractivity contribution >= 4 is 5.91 Å². The number of likely N-dealkylation sites (tertiary alicyclic amines) is 1. The molecule has 0 aromatic carbocycles. The van der Waals surface area contributed by atoms with Crippen LogP contribution in [0.25, 0.3) is 0 Å². The maximum Gasteiger partial charge on any atom is 0.223 e. The fourth-order valence-corrected chi connectivity index (χ4v) is 3.63. The van der Waals surface area contributed by atoms with Gasteiger partial charge in [0.2, 0.25) is 5.91 Å². The van der Waals surface area contributed by atoms with E-state index in [1.807, 2.05) is 0 Å². The van der Waals surface area contributed by atoms with E-state index in [2.05, 4.69) is 43.2 Å². The van der Waals surface area contributed by atoms with Gasteiger partial charge < -0.3 is 15.5 Å². The van der Waals surface area contributed by atoms with Crippen LogP contribution in [-0.2, 0) is 4.79 Å². The molecule has 0 aromatic rings. The van der Waals surface area contributed by atoms with Gasteiger partial charge in [-0.15, -0.1) is 0 Å². The summed E-state index contributed by atoms with van der Waals surface area (Å²) in [6, 6.07) is 0.246. The molecule has 2 heterocycles. The Kier molecular flexibility index (Phi) is 5.44. The Hall–Kier alpha value is -0.610. The first-order valence-corrected chi connectivity index (χ1v) is 8.19. The summed E-state index contributed by atoms with van der Waals surface area (Å²) >= 11 is 0. The summed E-state index contributed by atoms with van der Waals surface area (Å²) < 4.78 is 0. The molecule has 2 N–H and O–H groups in total. The second kappa shape index (κ2) is 6.90. The summed E-state index contributed by atoms with van der Waals surface area (Å²) in [5.41, 5.74) is 0. The minimum absolute atomic E-state index is 0.137. The number of amides is 1. The zero-order valence-corrected chi connectivity index (χ0v) is 13.5. The van der Waals surface area contributed by atoms with E-state index in [-0.39, 0.29) is 17.9 Å². The smallest absolute Gasteiger partial charge is 0.223 e. The largest absolute Gasteiger partial charge is 0.352 e. The number of hydrogen-bond donors (Lipinski definition) is 2. The molecule has 0 aliphatic carbocycles. The van der Waals surface area contributed by atoms with Crippen LogP contribution in [0.1, 0.15) is 34.1 Å². The standard InChI is InChI=1S/C16H31N3O/c1-11-5-12(2)9-19(8-11)10-13(3)18-16(20)14(4)15-6-17-7-15/h11-15,17H,5-10H2,1-4H3,(H,18,20). The molecule has 0 saturated carbocycles. The molecule has 4 unspecified atom stereocenters. The maximum absolute atomic E-state index is 12.2. The van der Waals surface area contributed by atoms with Crippen LogP contribution in [0.15, 0.2) is 0 Å². The monoisotopic (exact) mass is 281 g/mol. The van der Waals surface area contributed by atoms with Gasteiger partial charge in [0.15, 0.2) is 0 Å². The molecule has 4 atom stereocenters. The van der Waals surface area contributed by atoms with E-state index in [1.54, 1.807) is 0 Å². The van der Waals surface area contributed by atoms with Crippen LogP contribution in [0.3, 0.4) is 0 Å². The van der Waals surface area contributed by atoms with Crippen LogP contribution in [0, 0.1) is 23.7 Å². The van der Waals surface area contributed by atoms with Crippen LogP contribution in [0.2, 0.25) is 0 Å². The maximum atomic E-state index is 12.2. The molecule has 0 aromatic heterocycles. The van der Waals surface area contributed by atoms with Gasteiger partial charge in [0, 0.05) is 31.6 Å². The first-order chi connectivity index (χ1) is 9.45. The average Bonchev–Trinajstić information content (AvgIpc) is 2.24.